The molecule has 0 amide bonds. The topological polar surface area (TPSA) is 57.6 Å². The fourth-order valence-electron chi connectivity index (χ4n) is 2.60. The number of aliphatic hydroxyl groups excluding tert-OH is 1. The van der Waals surface area contributed by atoms with Gasteiger partial charge in [0, 0.05) is 7.05 Å². The molecule has 2 unspecified atom stereocenters. The highest BCUT2D eigenvalue weighted by atomic mass is 32.2. The SMILES string of the molecule is Cc1cccc(N(C)S(=O)(=O)C2CCCCC2O)c1. The van der Waals surface area contributed by atoms with Crippen LogP contribution in [0.25, 0.3) is 0 Å². The third-order valence-electron chi connectivity index (χ3n) is 3.80. The highest BCUT2D eigenvalue weighted by Gasteiger charge is 2.37. The predicted molar refractivity (Wildman–Crippen MR) is 76.8 cm³/mol. The molecule has 1 N–H and O–H groups in total. The molecule has 1 saturated carbocycles. The number of rotatable bonds is 3. The third-order valence-corrected chi connectivity index (χ3v) is 6.09. The van der Waals surface area contributed by atoms with Crippen LogP contribution in [-0.4, -0.2) is 31.9 Å². The van der Waals surface area contributed by atoms with Gasteiger partial charge in [-0.3, -0.25) is 4.31 Å². The summed E-state index contributed by atoms with van der Waals surface area (Å²) in [5.74, 6) is 0. The minimum absolute atomic E-state index is 0.541. The van der Waals surface area contributed by atoms with Crippen molar-refractivity contribution in [1.82, 2.24) is 0 Å². The summed E-state index contributed by atoms with van der Waals surface area (Å²) in [5, 5.41) is 9.27. The number of nitrogens with zero attached hydrogens (tertiary/aromatic N) is 1. The Labute approximate surface area is 115 Å². The lowest BCUT2D eigenvalue weighted by Crippen LogP contribution is -2.44. The lowest BCUT2D eigenvalue weighted by Gasteiger charge is -2.31. The minimum Gasteiger partial charge on any atom is -0.392 e. The van der Waals surface area contributed by atoms with Gasteiger partial charge in [-0.2, -0.15) is 0 Å². The summed E-state index contributed by atoms with van der Waals surface area (Å²) in [4.78, 5) is 0. The molecule has 0 spiro atoms. The number of hydrogen-bond donors (Lipinski definition) is 1. The average Bonchev–Trinajstić information content (AvgIpc) is 2.38. The van der Waals surface area contributed by atoms with Crippen molar-refractivity contribution < 1.29 is 13.5 Å². The zero-order chi connectivity index (χ0) is 14.0. The molecule has 0 heterocycles. The molecular weight excluding hydrogens is 262 g/mol. The summed E-state index contributed by atoms with van der Waals surface area (Å²) >= 11 is 0. The maximum absolute atomic E-state index is 12.6. The van der Waals surface area contributed by atoms with Crippen LogP contribution >= 0.6 is 0 Å². The highest BCUT2D eigenvalue weighted by molar-refractivity contribution is 7.93. The van der Waals surface area contributed by atoms with Gasteiger partial charge >= 0.3 is 0 Å². The van der Waals surface area contributed by atoms with E-state index in [9.17, 15) is 13.5 Å². The molecule has 0 saturated heterocycles. The first-order valence-corrected chi connectivity index (χ1v) is 8.16. The van der Waals surface area contributed by atoms with Gasteiger partial charge in [0.05, 0.1) is 11.8 Å². The van der Waals surface area contributed by atoms with Gasteiger partial charge in [-0.05, 0) is 37.5 Å². The summed E-state index contributed by atoms with van der Waals surface area (Å²) in [6.07, 6.45) is 2.14. The predicted octanol–water partition coefficient (Wildman–Crippen LogP) is 2.06. The molecule has 0 aromatic heterocycles. The molecule has 2 rings (SSSR count). The molecule has 4 nitrogen and oxygen atoms in total. The van der Waals surface area contributed by atoms with Crippen LogP contribution in [0.1, 0.15) is 31.2 Å². The fraction of sp³-hybridized carbons (Fsp3) is 0.571. The van der Waals surface area contributed by atoms with Gasteiger partial charge in [0.15, 0.2) is 0 Å². The molecule has 1 aromatic rings. The van der Waals surface area contributed by atoms with Gasteiger partial charge in [-0.1, -0.05) is 25.0 Å². The van der Waals surface area contributed by atoms with Crippen LogP contribution < -0.4 is 4.31 Å². The van der Waals surface area contributed by atoms with Gasteiger partial charge in [0.25, 0.3) is 0 Å². The van der Waals surface area contributed by atoms with Crippen LogP contribution in [0.3, 0.4) is 0 Å². The Balaban J connectivity index is 2.28. The fourth-order valence-corrected chi connectivity index (χ4v) is 4.41. The number of sulfonamides is 1. The Morgan fingerprint density at radius 3 is 2.58 bits per heavy atom. The first kappa shape index (κ1) is 14.3. The van der Waals surface area contributed by atoms with Crippen molar-refractivity contribution >= 4 is 15.7 Å². The molecule has 5 heteroatoms. The van der Waals surface area contributed by atoms with Crippen molar-refractivity contribution in [2.75, 3.05) is 11.4 Å². The Kier molecular flexibility index (Phi) is 4.16. The Morgan fingerprint density at radius 2 is 1.95 bits per heavy atom. The van der Waals surface area contributed by atoms with E-state index in [1.54, 1.807) is 13.1 Å². The molecule has 0 radical (unpaired) electrons. The van der Waals surface area contributed by atoms with E-state index in [0.29, 0.717) is 18.5 Å². The number of benzene rings is 1. The second kappa shape index (κ2) is 5.51. The van der Waals surface area contributed by atoms with Crippen LogP contribution in [0, 0.1) is 6.92 Å². The van der Waals surface area contributed by atoms with Gasteiger partial charge in [0.1, 0.15) is 5.25 Å². The molecular formula is C14H21NO3S. The lowest BCUT2D eigenvalue weighted by atomic mass is 9.97. The number of hydrogen-bond acceptors (Lipinski definition) is 3. The third kappa shape index (κ3) is 2.92. The average molecular weight is 283 g/mol. The molecule has 0 bridgehead atoms. The Hall–Kier alpha value is -1.07. The summed E-state index contributed by atoms with van der Waals surface area (Å²) in [7, 11) is -1.94. The maximum Gasteiger partial charge on any atom is 0.240 e. The van der Waals surface area contributed by atoms with Crippen molar-refractivity contribution in [3.63, 3.8) is 0 Å². The van der Waals surface area contributed by atoms with E-state index in [2.05, 4.69) is 0 Å². The molecule has 19 heavy (non-hydrogen) atoms. The minimum atomic E-state index is -3.50. The smallest absolute Gasteiger partial charge is 0.240 e. The number of aliphatic hydroxyl groups is 1. The van der Waals surface area contributed by atoms with Gasteiger partial charge < -0.3 is 5.11 Å². The van der Waals surface area contributed by atoms with E-state index in [1.807, 2.05) is 25.1 Å². The van der Waals surface area contributed by atoms with Crippen molar-refractivity contribution in [2.45, 2.75) is 44.0 Å². The van der Waals surface area contributed by atoms with Crippen LogP contribution in [0.4, 0.5) is 5.69 Å². The normalized spacial score (nSPS) is 24.2. The molecule has 106 valence electrons. The van der Waals surface area contributed by atoms with E-state index < -0.39 is 21.4 Å². The van der Waals surface area contributed by atoms with E-state index >= 15 is 0 Å². The van der Waals surface area contributed by atoms with Crippen molar-refractivity contribution in [3.05, 3.63) is 29.8 Å². The second-order valence-electron chi connectivity index (χ2n) is 5.24. The molecule has 1 aliphatic rings. The Morgan fingerprint density at radius 1 is 1.26 bits per heavy atom. The monoisotopic (exact) mass is 283 g/mol. The van der Waals surface area contributed by atoms with Gasteiger partial charge in [-0.25, -0.2) is 8.42 Å². The Bertz CT molecular complexity index is 541. The van der Waals surface area contributed by atoms with Crippen LogP contribution in [0.15, 0.2) is 24.3 Å². The van der Waals surface area contributed by atoms with Crippen molar-refractivity contribution in [2.24, 2.45) is 0 Å². The first-order chi connectivity index (χ1) is 8.93. The number of aryl methyl sites for hydroxylation is 1. The van der Waals surface area contributed by atoms with Crippen LogP contribution in [-0.2, 0) is 10.0 Å². The van der Waals surface area contributed by atoms with E-state index in [1.165, 1.54) is 4.31 Å². The summed E-state index contributed by atoms with van der Waals surface area (Å²) < 4.78 is 26.5. The van der Waals surface area contributed by atoms with E-state index in [4.69, 9.17) is 0 Å². The molecule has 1 aliphatic carbocycles. The summed E-state index contributed by atoms with van der Waals surface area (Å²) in [5.41, 5.74) is 1.67. The van der Waals surface area contributed by atoms with Crippen LogP contribution in [0.2, 0.25) is 0 Å². The molecule has 1 aromatic carbocycles. The quantitative estimate of drug-likeness (QED) is 0.924. The molecule has 1 fully saturated rings. The molecule has 0 aliphatic heterocycles. The largest absolute Gasteiger partial charge is 0.392 e. The van der Waals surface area contributed by atoms with Crippen molar-refractivity contribution in [1.29, 1.82) is 0 Å². The second-order valence-corrected chi connectivity index (χ2v) is 7.42. The van der Waals surface area contributed by atoms with Gasteiger partial charge in [0.2, 0.25) is 10.0 Å². The number of anilines is 1. The van der Waals surface area contributed by atoms with E-state index in [-0.39, 0.29) is 0 Å². The molecule has 2 atom stereocenters. The maximum atomic E-state index is 12.6. The van der Waals surface area contributed by atoms with E-state index in [0.717, 1.165) is 18.4 Å². The lowest BCUT2D eigenvalue weighted by molar-refractivity contribution is 0.133. The summed E-state index contributed by atoms with van der Waals surface area (Å²) in [6, 6.07) is 7.39. The highest BCUT2D eigenvalue weighted by Crippen LogP contribution is 2.28. The zero-order valence-electron chi connectivity index (χ0n) is 11.4. The van der Waals surface area contributed by atoms with Crippen LogP contribution in [0.5, 0.6) is 0 Å². The van der Waals surface area contributed by atoms with Gasteiger partial charge in [-0.15, -0.1) is 0 Å². The summed E-state index contributed by atoms with van der Waals surface area (Å²) in [6.45, 7) is 1.93. The standard InChI is InChI=1S/C14H21NO3S/c1-11-6-5-7-12(10-11)15(2)19(17,18)14-9-4-3-8-13(14)16/h5-7,10,13-14,16H,3-4,8-9H2,1-2H3. The zero-order valence-corrected chi connectivity index (χ0v) is 12.2. The first-order valence-electron chi connectivity index (χ1n) is 6.65. The van der Waals surface area contributed by atoms with Crippen molar-refractivity contribution in [3.8, 4) is 0 Å².